The Morgan fingerprint density at radius 3 is 2.74 bits per heavy atom. The van der Waals surface area contributed by atoms with Crippen molar-refractivity contribution in [1.82, 2.24) is 29.7 Å². The zero-order valence-electron chi connectivity index (χ0n) is 25.0. The Morgan fingerprint density at radius 2 is 1.91 bits per heavy atom. The van der Waals surface area contributed by atoms with Gasteiger partial charge in [-0.1, -0.05) is 6.07 Å². The van der Waals surface area contributed by atoms with Gasteiger partial charge in [-0.2, -0.15) is 5.10 Å². The molecule has 5 heterocycles. The second kappa shape index (κ2) is 12.6. The lowest BCUT2D eigenvalue weighted by Crippen LogP contribution is -2.60. The van der Waals surface area contributed by atoms with Crippen LogP contribution in [0.4, 0.5) is 0 Å². The number of amides is 3. The molecule has 3 aromatic rings. The molecule has 1 N–H and O–H groups in total. The van der Waals surface area contributed by atoms with Crippen molar-refractivity contribution in [3.8, 4) is 11.5 Å². The van der Waals surface area contributed by atoms with Crippen LogP contribution in [0.3, 0.4) is 0 Å². The van der Waals surface area contributed by atoms with Crippen molar-refractivity contribution in [2.75, 3.05) is 40.4 Å². The average molecular weight is 589 g/mol. The van der Waals surface area contributed by atoms with Gasteiger partial charge in [0.1, 0.15) is 0 Å². The van der Waals surface area contributed by atoms with Crippen LogP contribution in [0.5, 0.6) is 11.5 Å². The summed E-state index contributed by atoms with van der Waals surface area (Å²) in [4.78, 5) is 48.5. The molecule has 0 radical (unpaired) electrons. The molecule has 6 rings (SSSR count). The number of aryl methyl sites for hydroxylation is 2. The van der Waals surface area contributed by atoms with E-state index >= 15 is 0 Å². The first-order chi connectivity index (χ1) is 20.9. The maximum Gasteiger partial charge on any atom is 0.274 e. The SMILES string of the molecule is COc1cc2cc(c1OC)CCCNC(=O)CCC[C@H]1[C@H]3C[C@@H](CN(C(=O)c4cnc5cccnn45)C3)CN1C(=O)CC2. The van der Waals surface area contributed by atoms with Gasteiger partial charge in [0.15, 0.2) is 22.8 Å². The molecule has 11 heteroatoms. The van der Waals surface area contributed by atoms with Gasteiger partial charge in [-0.3, -0.25) is 14.4 Å². The number of ether oxygens (including phenoxy) is 2. The predicted octanol–water partition coefficient (Wildman–Crippen LogP) is 2.90. The van der Waals surface area contributed by atoms with E-state index in [1.54, 1.807) is 37.2 Å². The minimum Gasteiger partial charge on any atom is -0.493 e. The quantitative estimate of drug-likeness (QED) is 0.500. The van der Waals surface area contributed by atoms with Crippen LogP contribution in [0.15, 0.2) is 36.7 Å². The van der Waals surface area contributed by atoms with Crippen LogP contribution < -0.4 is 14.8 Å². The molecule has 3 aliphatic heterocycles. The first kappa shape index (κ1) is 28.9. The predicted molar refractivity (Wildman–Crippen MR) is 159 cm³/mol. The second-order valence-electron chi connectivity index (χ2n) is 12.0. The molecule has 0 aliphatic carbocycles. The molecule has 1 aromatic carbocycles. The highest BCUT2D eigenvalue weighted by molar-refractivity contribution is 5.93. The number of nitrogens with zero attached hydrogens (tertiary/aromatic N) is 5. The number of carbonyl (C=O) groups is 3. The van der Waals surface area contributed by atoms with E-state index in [0.717, 1.165) is 36.8 Å². The number of carbonyl (C=O) groups excluding carboxylic acids is 3. The van der Waals surface area contributed by atoms with Crippen LogP contribution in [0.25, 0.3) is 5.65 Å². The Labute approximate surface area is 251 Å². The lowest BCUT2D eigenvalue weighted by Gasteiger charge is -2.51. The Bertz CT molecular complexity index is 1500. The van der Waals surface area contributed by atoms with Crippen molar-refractivity contribution in [1.29, 1.82) is 0 Å². The number of methoxy groups -OCH3 is 2. The van der Waals surface area contributed by atoms with E-state index in [0.29, 0.717) is 74.7 Å². The maximum atomic E-state index is 13.8. The van der Waals surface area contributed by atoms with E-state index in [1.807, 2.05) is 17.0 Å². The third-order valence-corrected chi connectivity index (χ3v) is 9.17. The summed E-state index contributed by atoms with van der Waals surface area (Å²) in [6.07, 6.45) is 8.56. The molecular formula is C32H40N6O5. The molecule has 2 saturated heterocycles. The Balaban J connectivity index is 1.23. The number of imidazole rings is 1. The van der Waals surface area contributed by atoms with Crippen LogP contribution in [-0.4, -0.2) is 88.6 Å². The first-order valence-corrected chi connectivity index (χ1v) is 15.3. The average Bonchev–Trinajstić information content (AvgIpc) is 3.45. The van der Waals surface area contributed by atoms with Crippen LogP contribution >= 0.6 is 0 Å². The first-order valence-electron chi connectivity index (χ1n) is 15.3. The van der Waals surface area contributed by atoms with Gasteiger partial charge in [0.2, 0.25) is 11.8 Å². The third kappa shape index (κ3) is 6.03. The van der Waals surface area contributed by atoms with Crippen molar-refractivity contribution < 1.29 is 23.9 Å². The maximum absolute atomic E-state index is 13.8. The van der Waals surface area contributed by atoms with Gasteiger partial charge in [0, 0.05) is 51.3 Å². The van der Waals surface area contributed by atoms with E-state index in [4.69, 9.17) is 9.47 Å². The number of hydrogen-bond donors (Lipinski definition) is 1. The van der Waals surface area contributed by atoms with Crippen molar-refractivity contribution in [3.05, 3.63) is 53.5 Å². The van der Waals surface area contributed by atoms with Crippen LogP contribution in [0.1, 0.15) is 60.1 Å². The molecule has 0 unspecified atom stereocenters. The summed E-state index contributed by atoms with van der Waals surface area (Å²) >= 11 is 0. The molecule has 11 nitrogen and oxygen atoms in total. The molecular weight excluding hydrogens is 548 g/mol. The Hall–Kier alpha value is -4.15. The Kier molecular flexibility index (Phi) is 8.49. The van der Waals surface area contributed by atoms with Crippen molar-refractivity contribution in [3.63, 3.8) is 0 Å². The van der Waals surface area contributed by atoms with Gasteiger partial charge in [0.05, 0.1) is 20.4 Å². The van der Waals surface area contributed by atoms with Gasteiger partial charge < -0.3 is 24.6 Å². The minimum atomic E-state index is -0.0856. The van der Waals surface area contributed by atoms with Gasteiger partial charge in [-0.15, -0.1) is 0 Å². The largest absolute Gasteiger partial charge is 0.493 e. The lowest BCUT2D eigenvalue weighted by atomic mass is 9.77. The number of rotatable bonds is 3. The van der Waals surface area contributed by atoms with Gasteiger partial charge >= 0.3 is 0 Å². The fourth-order valence-corrected chi connectivity index (χ4v) is 7.21. The highest BCUT2D eigenvalue weighted by Crippen LogP contribution is 2.37. The zero-order chi connectivity index (χ0) is 29.9. The van der Waals surface area contributed by atoms with Crippen LogP contribution in [0.2, 0.25) is 0 Å². The van der Waals surface area contributed by atoms with Crippen molar-refractivity contribution in [2.45, 2.75) is 57.4 Å². The summed E-state index contributed by atoms with van der Waals surface area (Å²) in [5.41, 5.74) is 3.14. The van der Waals surface area contributed by atoms with Crippen molar-refractivity contribution >= 4 is 23.4 Å². The van der Waals surface area contributed by atoms with Gasteiger partial charge in [-0.05, 0) is 79.7 Å². The van der Waals surface area contributed by atoms with Crippen molar-refractivity contribution in [2.24, 2.45) is 11.8 Å². The fourth-order valence-electron chi connectivity index (χ4n) is 7.21. The molecule has 43 heavy (non-hydrogen) atoms. The standard InChI is InChI=1S/C32H40N6O5/c1-42-27-16-21-10-11-30(40)37-19-22-15-24(20-36(18-22)32(41)26-17-34-28-8-5-13-35-38(26)28)25(37)7-3-9-29(39)33-12-4-6-23(14-21)31(27)43-2/h5,8,13-14,16-17,22,24-25H,3-4,6-7,9-12,15,18-20H2,1-2H3,(H,33,39)/t22-,24-,25-/m0/s1. The smallest absolute Gasteiger partial charge is 0.274 e. The van der Waals surface area contributed by atoms with E-state index in [9.17, 15) is 14.4 Å². The third-order valence-electron chi connectivity index (χ3n) is 9.17. The van der Waals surface area contributed by atoms with E-state index < -0.39 is 0 Å². The fraction of sp³-hybridized carbons (Fsp3) is 0.531. The van der Waals surface area contributed by atoms with E-state index in [-0.39, 0.29) is 35.6 Å². The normalized spacial score (nSPS) is 23.4. The number of nitrogens with one attached hydrogen (secondary N) is 1. The highest BCUT2D eigenvalue weighted by Gasteiger charge is 2.43. The minimum absolute atomic E-state index is 0.0255. The number of hydrogen-bond acceptors (Lipinski definition) is 7. The van der Waals surface area contributed by atoms with Gasteiger partial charge in [0.25, 0.3) is 5.91 Å². The summed E-state index contributed by atoms with van der Waals surface area (Å²) in [7, 11) is 3.26. The lowest BCUT2D eigenvalue weighted by molar-refractivity contribution is -0.140. The number of piperidine rings is 2. The molecule has 3 atom stereocenters. The summed E-state index contributed by atoms with van der Waals surface area (Å²) in [6, 6.07) is 7.66. The molecule has 0 saturated carbocycles. The summed E-state index contributed by atoms with van der Waals surface area (Å²) in [6.45, 7) is 2.35. The number of benzene rings is 1. The second-order valence-corrected chi connectivity index (χ2v) is 12.0. The molecule has 4 bridgehead atoms. The molecule has 2 fully saturated rings. The molecule has 228 valence electrons. The number of aromatic nitrogens is 3. The summed E-state index contributed by atoms with van der Waals surface area (Å²) in [5.74, 6) is 1.75. The topological polar surface area (TPSA) is 118 Å². The monoisotopic (exact) mass is 588 g/mol. The molecule has 2 aromatic heterocycles. The summed E-state index contributed by atoms with van der Waals surface area (Å²) in [5, 5.41) is 7.38. The molecule has 3 amide bonds. The Morgan fingerprint density at radius 1 is 1.02 bits per heavy atom. The number of fused-ring (bicyclic) bond motifs is 7. The highest BCUT2D eigenvalue weighted by atomic mass is 16.5. The molecule has 3 aliphatic rings. The van der Waals surface area contributed by atoms with Crippen LogP contribution in [-0.2, 0) is 22.4 Å². The van der Waals surface area contributed by atoms with Gasteiger partial charge in [-0.25, -0.2) is 9.50 Å². The van der Waals surface area contributed by atoms with E-state index in [2.05, 4.69) is 26.4 Å². The van der Waals surface area contributed by atoms with E-state index in [1.165, 1.54) is 0 Å². The zero-order valence-corrected chi connectivity index (χ0v) is 25.0. The number of likely N-dealkylation sites (tertiary alicyclic amines) is 1. The molecule has 0 spiro atoms. The summed E-state index contributed by atoms with van der Waals surface area (Å²) < 4.78 is 12.9. The van der Waals surface area contributed by atoms with Crippen LogP contribution in [0, 0.1) is 11.8 Å².